The Morgan fingerprint density at radius 2 is 1.85 bits per heavy atom. The summed E-state index contributed by atoms with van der Waals surface area (Å²) in [7, 11) is 0. The van der Waals surface area contributed by atoms with Crippen LogP contribution in [0, 0.1) is 0 Å². The first-order chi connectivity index (χ1) is 9.74. The lowest BCUT2D eigenvalue weighted by Crippen LogP contribution is -2.08. The molecule has 1 heterocycles. The maximum atomic E-state index is 12.0. The Balaban J connectivity index is 1.93. The lowest BCUT2D eigenvalue weighted by atomic mass is 10.1. The Labute approximate surface area is 120 Å². The number of carbonyl (C=O) groups is 1. The number of nitrogens with zero attached hydrogens (tertiary/aromatic N) is 2. The van der Waals surface area contributed by atoms with Crippen LogP contribution in [0.4, 0.5) is 0 Å². The lowest BCUT2D eigenvalue weighted by Gasteiger charge is -2.12. The van der Waals surface area contributed by atoms with E-state index in [2.05, 4.69) is 18.9 Å². The molecule has 1 aromatic heterocycles. The van der Waals surface area contributed by atoms with E-state index in [0.29, 0.717) is 18.9 Å². The molecule has 0 spiro atoms. The zero-order valence-corrected chi connectivity index (χ0v) is 12.2. The van der Waals surface area contributed by atoms with E-state index < -0.39 is 0 Å². The average Bonchev–Trinajstić information content (AvgIpc) is 2.96. The predicted octanol–water partition coefficient (Wildman–Crippen LogP) is 4.06. The highest BCUT2D eigenvalue weighted by Gasteiger charge is 2.10. The van der Waals surface area contributed by atoms with Crippen LogP contribution in [0.15, 0.2) is 42.6 Å². The van der Waals surface area contributed by atoms with Crippen molar-refractivity contribution in [2.24, 2.45) is 0 Å². The topological polar surface area (TPSA) is 34.9 Å². The number of carbonyl (C=O) groups excluding carboxylic acids is 1. The highest BCUT2D eigenvalue weighted by atomic mass is 16.1. The normalized spacial score (nSPS) is 10.9. The molecule has 0 saturated heterocycles. The molecule has 0 amide bonds. The van der Waals surface area contributed by atoms with E-state index in [1.165, 1.54) is 0 Å². The fourth-order valence-corrected chi connectivity index (χ4v) is 2.39. The monoisotopic (exact) mass is 270 g/mol. The zero-order chi connectivity index (χ0) is 14.4. The maximum Gasteiger partial charge on any atom is 0.163 e. The fourth-order valence-electron chi connectivity index (χ4n) is 2.39. The summed E-state index contributed by atoms with van der Waals surface area (Å²) in [5.74, 6) is 0.183. The molecule has 20 heavy (non-hydrogen) atoms. The van der Waals surface area contributed by atoms with Crippen LogP contribution in [0.25, 0.3) is 0 Å². The standard InChI is InChI=1S/C17H22N2O/c1-3-16(4-2)19-13-12-15(18-19)10-11-17(20)14-8-6-5-7-9-14/h5-9,12-13,16H,3-4,10-11H2,1-2H3. The second-order valence-corrected chi connectivity index (χ2v) is 5.05. The van der Waals surface area contributed by atoms with Crippen molar-refractivity contribution in [2.45, 2.75) is 45.6 Å². The second-order valence-electron chi connectivity index (χ2n) is 5.05. The van der Waals surface area contributed by atoms with E-state index in [1.54, 1.807) is 0 Å². The minimum Gasteiger partial charge on any atom is -0.294 e. The molecule has 0 bridgehead atoms. The number of Topliss-reactive ketones (excluding diaryl/α,β-unsaturated/α-hetero) is 1. The number of hydrogen-bond acceptors (Lipinski definition) is 2. The van der Waals surface area contributed by atoms with Crippen LogP contribution in [0.3, 0.4) is 0 Å². The van der Waals surface area contributed by atoms with Gasteiger partial charge in [0.2, 0.25) is 0 Å². The molecule has 0 radical (unpaired) electrons. The average molecular weight is 270 g/mol. The van der Waals surface area contributed by atoms with E-state index in [1.807, 2.05) is 47.3 Å². The van der Waals surface area contributed by atoms with Gasteiger partial charge in [0.1, 0.15) is 0 Å². The number of ketones is 1. The third-order valence-electron chi connectivity index (χ3n) is 3.68. The van der Waals surface area contributed by atoms with Crippen molar-refractivity contribution in [2.75, 3.05) is 0 Å². The van der Waals surface area contributed by atoms with Crippen LogP contribution in [-0.4, -0.2) is 15.6 Å². The Morgan fingerprint density at radius 3 is 2.50 bits per heavy atom. The Morgan fingerprint density at radius 1 is 1.15 bits per heavy atom. The molecular weight excluding hydrogens is 248 g/mol. The van der Waals surface area contributed by atoms with E-state index >= 15 is 0 Å². The van der Waals surface area contributed by atoms with Crippen LogP contribution < -0.4 is 0 Å². The van der Waals surface area contributed by atoms with E-state index in [9.17, 15) is 4.79 Å². The summed E-state index contributed by atoms with van der Waals surface area (Å²) in [4.78, 5) is 12.0. The minimum absolute atomic E-state index is 0.183. The molecule has 0 fully saturated rings. The number of hydrogen-bond donors (Lipinski definition) is 0. The Hall–Kier alpha value is -1.90. The van der Waals surface area contributed by atoms with Gasteiger partial charge in [0, 0.05) is 18.2 Å². The predicted molar refractivity (Wildman–Crippen MR) is 80.9 cm³/mol. The molecule has 1 aromatic carbocycles. The lowest BCUT2D eigenvalue weighted by molar-refractivity contribution is 0.0982. The highest BCUT2D eigenvalue weighted by molar-refractivity contribution is 5.96. The first-order valence-electron chi connectivity index (χ1n) is 7.36. The van der Waals surface area contributed by atoms with Gasteiger partial charge in [-0.15, -0.1) is 0 Å². The van der Waals surface area contributed by atoms with E-state index in [0.717, 1.165) is 24.1 Å². The van der Waals surface area contributed by atoms with Crippen molar-refractivity contribution < 1.29 is 4.79 Å². The summed E-state index contributed by atoms with van der Waals surface area (Å²) in [6.07, 6.45) is 5.42. The molecule has 3 nitrogen and oxygen atoms in total. The van der Waals surface area contributed by atoms with Crippen molar-refractivity contribution in [1.82, 2.24) is 9.78 Å². The molecule has 2 aromatic rings. The largest absolute Gasteiger partial charge is 0.294 e. The second kappa shape index (κ2) is 7.04. The third kappa shape index (κ3) is 3.56. The Kier molecular flexibility index (Phi) is 5.10. The third-order valence-corrected chi connectivity index (χ3v) is 3.68. The first kappa shape index (κ1) is 14.5. The quantitative estimate of drug-likeness (QED) is 0.711. The van der Waals surface area contributed by atoms with Crippen LogP contribution in [0.5, 0.6) is 0 Å². The van der Waals surface area contributed by atoms with Gasteiger partial charge in [-0.2, -0.15) is 5.10 Å². The molecule has 106 valence electrons. The summed E-state index contributed by atoms with van der Waals surface area (Å²) in [5, 5.41) is 4.58. The molecule has 2 rings (SSSR count). The van der Waals surface area contributed by atoms with Gasteiger partial charge in [0.25, 0.3) is 0 Å². The SMILES string of the molecule is CCC(CC)n1ccc(CCC(=O)c2ccccc2)n1. The molecule has 0 aliphatic rings. The van der Waals surface area contributed by atoms with E-state index in [4.69, 9.17) is 0 Å². The van der Waals surface area contributed by atoms with Crippen molar-refractivity contribution in [3.63, 3.8) is 0 Å². The van der Waals surface area contributed by atoms with Crippen molar-refractivity contribution in [3.8, 4) is 0 Å². The van der Waals surface area contributed by atoms with Crippen LogP contribution >= 0.6 is 0 Å². The minimum atomic E-state index is 0.183. The van der Waals surface area contributed by atoms with Gasteiger partial charge in [-0.1, -0.05) is 44.2 Å². The van der Waals surface area contributed by atoms with Crippen LogP contribution in [0.2, 0.25) is 0 Å². The van der Waals surface area contributed by atoms with Crippen LogP contribution in [-0.2, 0) is 6.42 Å². The van der Waals surface area contributed by atoms with Crippen molar-refractivity contribution >= 4 is 5.78 Å². The number of aryl methyl sites for hydroxylation is 1. The smallest absolute Gasteiger partial charge is 0.163 e. The van der Waals surface area contributed by atoms with Gasteiger partial charge in [-0.3, -0.25) is 9.48 Å². The summed E-state index contributed by atoms with van der Waals surface area (Å²) in [6.45, 7) is 4.35. The Bertz CT molecular complexity index is 541. The van der Waals surface area contributed by atoms with Crippen molar-refractivity contribution in [1.29, 1.82) is 0 Å². The van der Waals surface area contributed by atoms with E-state index in [-0.39, 0.29) is 5.78 Å². The zero-order valence-electron chi connectivity index (χ0n) is 12.2. The van der Waals surface area contributed by atoms with Gasteiger partial charge in [0.15, 0.2) is 5.78 Å². The molecule has 0 aliphatic carbocycles. The molecule has 0 unspecified atom stereocenters. The number of rotatable bonds is 7. The maximum absolute atomic E-state index is 12.0. The molecular formula is C17H22N2O. The summed E-state index contributed by atoms with van der Waals surface area (Å²) in [6, 6.07) is 11.9. The highest BCUT2D eigenvalue weighted by Crippen LogP contribution is 2.15. The number of benzene rings is 1. The molecule has 0 N–H and O–H groups in total. The molecule has 3 heteroatoms. The number of aromatic nitrogens is 2. The molecule has 0 aliphatic heterocycles. The first-order valence-corrected chi connectivity index (χ1v) is 7.36. The summed E-state index contributed by atoms with van der Waals surface area (Å²) in [5.41, 5.74) is 1.79. The molecule has 0 atom stereocenters. The fraction of sp³-hybridized carbons (Fsp3) is 0.412. The summed E-state index contributed by atoms with van der Waals surface area (Å²) >= 11 is 0. The van der Waals surface area contributed by atoms with Gasteiger partial charge >= 0.3 is 0 Å². The van der Waals surface area contributed by atoms with Gasteiger partial charge < -0.3 is 0 Å². The van der Waals surface area contributed by atoms with Gasteiger partial charge in [-0.05, 0) is 25.3 Å². The van der Waals surface area contributed by atoms with Crippen molar-refractivity contribution in [3.05, 3.63) is 53.9 Å². The van der Waals surface area contributed by atoms with Gasteiger partial charge in [-0.25, -0.2) is 0 Å². The molecule has 0 saturated carbocycles. The van der Waals surface area contributed by atoms with Crippen LogP contribution in [0.1, 0.15) is 55.2 Å². The summed E-state index contributed by atoms with van der Waals surface area (Å²) < 4.78 is 2.03. The van der Waals surface area contributed by atoms with Gasteiger partial charge in [0.05, 0.1) is 11.7 Å².